The summed E-state index contributed by atoms with van der Waals surface area (Å²) >= 11 is 6.05. The zero-order chi connectivity index (χ0) is 18.2. The van der Waals surface area contributed by atoms with Crippen LogP contribution in [-0.4, -0.2) is 31.5 Å². The molecule has 0 bridgehead atoms. The van der Waals surface area contributed by atoms with Crippen LogP contribution in [0.25, 0.3) is 5.70 Å². The van der Waals surface area contributed by atoms with E-state index in [1.807, 2.05) is 0 Å². The van der Waals surface area contributed by atoms with E-state index in [1.165, 1.54) is 18.2 Å². The van der Waals surface area contributed by atoms with Gasteiger partial charge in [-0.25, -0.2) is 17.9 Å². The quantitative estimate of drug-likeness (QED) is 0.863. The van der Waals surface area contributed by atoms with Gasteiger partial charge in [0.25, 0.3) is 0 Å². The first-order valence-electron chi connectivity index (χ1n) is 7.25. The molecule has 3 rings (SSSR count). The molecule has 1 heterocycles. The van der Waals surface area contributed by atoms with Crippen molar-refractivity contribution in [2.75, 3.05) is 12.8 Å². The number of benzene rings is 2. The number of fused-ring (bicyclic) bond motifs is 1. The van der Waals surface area contributed by atoms with Crippen molar-refractivity contribution in [3.8, 4) is 0 Å². The highest BCUT2D eigenvalue weighted by Crippen LogP contribution is 2.21. The Morgan fingerprint density at radius 3 is 2.68 bits per heavy atom. The summed E-state index contributed by atoms with van der Waals surface area (Å²) < 4.78 is 37.4. The van der Waals surface area contributed by atoms with Gasteiger partial charge in [-0.1, -0.05) is 23.7 Å². The molecule has 2 aromatic rings. The van der Waals surface area contributed by atoms with Gasteiger partial charge in [0.2, 0.25) is 0 Å². The van der Waals surface area contributed by atoms with Gasteiger partial charge >= 0.3 is 0 Å². The van der Waals surface area contributed by atoms with E-state index in [-0.39, 0.29) is 23.5 Å². The highest BCUT2D eigenvalue weighted by molar-refractivity contribution is 7.93. The number of sulfone groups is 1. The number of hydrogen-bond donors (Lipinski definition) is 1. The van der Waals surface area contributed by atoms with E-state index in [9.17, 15) is 18.0 Å². The van der Waals surface area contributed by atoms with Crippen LogP contribution in [0.3, 0.4) is 0 Å². The van der Waals surface area contributed by atoms with Crippen LogP contribution >= 0.6 is 11.6 Å². The van der Waals surface area contributed by atoms with E-state index in [1.54, 1.807) is 24.3 Å². The molecule has 0 atom stereocenters. The van der Waals surface area contributed by atoms with Gasteiger partial charge in [-0.2, -0.15) is 0 Å². The number of rotatable bonds is 2. The van der Waals surface area contributed by atoms with Gasteiger partial charge in [0.1, 0.15) is 5.82 Å². The van der Waals surface area contributed by atoms with E-state index >= 15 is 0 Å². The lowest BCUT2D eigenvalue weighted by Crippen LogP contribution is -2.32. The maximum atomic E-state index is 14.3. The molecule has 5 nitrogen and oxygen atoms in total. The summed E-state index contributed by atoms with van der Waals surface area (Å²) in [5, 5.41) is 13.4. The third-order valence-corrected chi connectivity index (χ3v) is 4.46. The fourth-order valence-corrected chi connectivity index (χ4v) is 3.40. The second kappa shape index (κ2) is 6.59. The maximum Gasteiger partial charge on any atom is 0.170 e. The number of hydrogen-bond acceptors (Lipinski definition) is 5. The Labute approximate surface area is 148 Å². The molecule has 0 saturated carbocycles. The Morgan fingerprint density at radius 1 is 1.28 bits per heavy atom. The minimum absolute atomic E-state index is 0.125. The molecule has 0 fully saturated rings. The summed E-state index contributed by atoms with van der Waals surface area (Å²) in [5.41, 5.74) is 0.445. The molecule has 0 saturated heterocycles. The Bertz CT molecular complexity index is 1100. The molecule has 0 amide bonds. The predicted molar refractivity (Wildman–Crippen MR) is 92.6 cm³/mol. The van der Waals surface area contributed by atoms with Crippen LogP contribution in [0.1, 0.15) is 5.56 Å². The van der Waals surface area contributed by atoms with Crippen LogP contribution in [0.2, 0.25) is 5.02 Å². The summed E-state index contributed by atoms with van der Waals surface area (Å²) in [6.45, 7) is -0.219. The van der Waals surface area contributed by atoms with Crippen LogP contribution in [0.15, 0.2) is 58.6 Å². The minimum Gasteiger partial charge on any atom is -0.288 e. The van der Waals surface area contributed by atoms with Gasteiger partial charge in [-0.05, 0) is 30.3 Å². The zero-order valence-corrected chi connectivity index (χ0v) is 14.7. The van der Waals surface area contributed by atoms with Gasteiger partial charge < -0.3 is 0 Å². The Hall–Kier alpha value is -2.22. The lowest BCUT2D eigenvalue weighted by Gasteiger charge is -2.20. The molecule has 0 aromatic heterocycles. The SMILES string of the molecule is CS(=O)(=O)/C=C1/CN(O)C(c2ccccc2F)=c2cc(Cl)ccc2=N1. The smallest absolute Gasteiger partial charge is 0.170 e. The molecule has 2 aromatic carbocycles. The number of hydroxylamine groups is 2. The average molecular weight is 381 g/mol. The van der Waals surface area contributed by atoms with Gasteiger partial charge in [0.05, 0.1) is 28.7 Å². The van der Waals surface area contributed by atoms with E-state index in [0.717, 1.165) is 16.7 Å². The van der Waals surface area contributed by atoms with Crippen molar-refractivity contribution in [3.63, 3.8) is 0 Å². The van der Waals surface area contributed by atoms with Gasteiger partial charge in [0.15, 0.2) is 9.84 Å². The summed E-state index contributed by atoms with van der Waals surface area (Å²) in [7, 11) is -3.47. The second-order valence-corrected chi connectivity index (χ2v) is 7.93. The number of halogens is 2. The van der Waals surface area contributed by atoms with Crippen LogP contribution in [0.4, 0.5) is 4.39 Å². The van der Waals surface area contributed by atoms with Crippen LogP contribution in [0.5, 0.6) is 0 Å². The van der Waals surface area contributed by atoms with Crippen molar-refractivity contribution in [2.45, 2.75) is 0 Å². The topological polar surface area (TPSA) is 70.0 Å². The lowest BCUT2D eigenvalue weighted by atomic mass is 10.1. The molecule has 0 radical (unpaired) electrons. The molecule has 0 aliphatic carbocycles. The Morgan fingerprint density at radius 2 is 2.00 bits per heavy atom. The van der Waals surface area contributed by atoms with Crippen LogP contribution in [-0.2, 0) is 9.84 Å². The molecule has 0 spiro atoms. The summed E-state index contributed by atoms with van der Waals surface area (Å²) in [5.74, 6) is -0.530. The first-order valence-corrected chi connectivity index (χ1v) is 9.58. The molecule has 0 unspecified atom stereocenters. The third-order valence-electron chi connectivity index (χ3n) is 3.53. The fourth-order valence-electron chi connectivity index (χ4n) is 2.61. The highest BCUT2D eigenvalue weighted by Gasteiger charge is 2.20. The molecular weight excluding hydrogens is 367 g/mol. The summed E-state index contributed by atoms with van der Waals surface area (Å²) in [6, 6.07) is 10.7. The van der Waals surface area contributed by atoms with E-state index in [2.05, 4.69) is 4.99 Å². The summed E-state index contributed by atoms with van der Waals surface area (Å²) in [6.07, 6.45) is 1.03. The molecule has 8 heteroatoms. The summed E-state index contributed by atoms with van der Waals surface area (Å²) in [4.78, 5) is 4.30. The minimum atomic E-state index is -3.47. The van der Waals surface area contributed by atoms with Crippen molar-refractivity contribution in [1.82, 2.24) is 5.06 Å². The average Bonchev–Trinajstić information content (AvgIpc) is 2.62. The monoisotopic (exact) mass is 380 g/mol. The van der Waals surface area contributed by atoms with E-state index in [0.29, 0.717) is 15.6 Å². The van der Waals surface area contributed by atoms with E-state index < -0.39 is 15.7 Å². The van der Waals surface area contributed by atoms with Crippen molar-refractivity contribution in [3.05, 3.63) is 80.5 Å². The van der Waals surface area contributed by atoms with Gasteiger partial charge in [-0.3, -0.25) is 10.2 Å². The molecule has 25 heavy (non-hydrogen) atoms. The Kier molecular flexibility index (Phi) is 4.64. The van der Waals surface area contributed by atoms with Crippen LogP contribution in [0, 0.1) is 5.82 Å². The fraction of sp³-hybridized carbons (Fsp3) is 0.118. The largest absolute Gasteiger partial charge is 0.288 e. The molecule has 1 N–H and O–H groups in total. The van der Waals surface area contributed by atoms with Crippen molar-refractivity contribution >= 4 is 27.1 Å². The van der Waals surface area contributed by atoms with Crippen molar-refractivity contribution in [1.29, 1.82) is 0 Å². The standard InChI is InChI=1S/C17H14ClFN2O3S/c1-25(23,24)10-12-9-21(22)17(13-4-2-3-5-15(13)19)14-8-11(18)6-7-16(14)20-12/h2-8,10,22H,9H2,1H3/b12-10-. The van der Waals surface area contributed by atoms with Crippen molar-refractivity contribution in [2.24, 2.45) is 4.99 Å². The molecule has 1 aliphatic heterocycles. The van der Waals surface area contributed by atoms with E-state index in [4.69, 9.17) is 11.6 Å². The normalized spacial score (nSPS) is 16.4. The predicted octanol–water partition coefficient (Wildman–Crippen LogP) is 1.85. The molecular formula is C17H14ClFN2O3S. The first kappa shape index (κ1) is 17.6. The second-order valence-electron chi connectivity index (χ2n) is 5.60. The first-order chi connectivity index (χ1) is 11.7. The van der Waals surface area contributed by atoms with Crippen molar-refractivity contribution < 1.29 is 18.0 Å². The molecule has 1 aliphatic rings. The van der Waals surface area contributed by atoms with Crippen LogP contribution < -0.4 is 10.6 Å². The Balaban J connectivity index is 2.41. The maximum absolute atomic E-state index is 14.3. The third kappa shape index (κ3) is 3.89. The molecule has 130 valence electrons. The zero-order valence-electron chi connectivity index (χ0n) is 13.1. The number of nitrogens with zero attached hydrogens (tertiary/aromatic N) is 2. The highest BCUT2D eigenvalue weighted by atomic mass is 35.5. The lowest BCUT2D eigenvalue weighted by molar-refractivity contribution is -0.0186. The van der Waals surface area contributed by atoms with Gasteiger partial charge in [-0.15, -0.1) is 0 Å². The van der Waals surface area contributed by atoms with Gasteiger partial charge in [0, 0.05) is 22.1 Å².